The molecule has 7 heteroatoms. The van der Waals surface area contributed by atoms with Gasteiger partial charge in [0.2, 0.25) is 10.0 Å². The Morgan fingerprint density at radius 2 is 2.00 bits per heavy atom. The molecule has 0 spiro atoms. The van der Waals surface area contributed by atoms with Gasteiger partial charge in [-0.05, 0) is 24.8 Å². The minimum atomic E-state index is -3.38. The molecule has 0 bridgehead atoms. The summed E-state index contributed by atoms with van der Waals surface area (Å²) in [4.78, 5) is 0.301. The molecule has 21 heavy (non-hydrogen) atoms. The molecule has 0 radical (unpaired) electrons. The average Bonchev–Trinajstić information content (AvgIpc) is 2.38. The Hall–Kier alpha value is -1.02. The summed E-state index contributed by atoms with van der Waals surface area (Å²) < 4.78 is 32.3. The maximum absolute atomic E-state index is 12.1. The molecule has 0 heterocycles. The highest BCUT2D eigenvalue weighted by Gasteiger charge is 2.37. The summed E-state index contributed by atoms with van der Waals surface area (Å²) in [6, 6.07) is 6.91. The zero-order valence-electron chi connectivity index (χ0n) is 12.0. The Kier molecular flexibility index (Phi) is 4.98. The van der Waals surface area contributed by atoms with E-state index < -0.39 is 10.0 Å². The summed E-state index contributed by atoms with van der Waals surface area (Å²) in [5.41, 5.74) is 6.62. The number of nitrogens with two attached hydrogens (primary N) is 1. The minimum absolute atomic E-state index is 0.0651. The highest BCUT2D eigenvalue weighted by molar-refractivity contribution is 7.88. The van der Waals surface area contributed by atoms with Crippen LogP contribution in [0.15, 0.2) is 24.3 Å². The topological polar surface area (TPSA) is 81.4 Å². The molecule has 1 aliphatic rings. The second-order valence-electron chi connectivity index (χ2n) is 5.38. The van der Waals surface area contributed by atoms with Crippen molar-refractivity contribution in [3.63, 3.8) is 0 Å². The highest BCUT2D eigenvalue weighted by atomic mass is 32.2. The first-order valence-corrected chi connectivity index (χ1v) is 8.83. The van der Waals surface area contributed by atoms with E-state index >= 15 is 0 Å². The van der Waals surface area contributed by atoms with Crippen LogP contribution in [0.4, 0.5) is 0 Å². The number of benzene rings is 1. The first kappa shape index (κ1) is 16.4. The molecule has 1 fully saturated rings. The molecule has 0 aromatic heterocycles. The molecule has 0 amide bonds. The second-order valence-corrected chi connectivity index (χ2v) is 7.63. The lowest BCUT2D eigenvalue weighted by Crippen LogP contribution is -2.49. The molecule has 1 aromatic rings. The van der Waals surface area contributed by atoms with Crippen LogP contribution < -0.4 is 10.5 Å². The number of rotatable bonds is 7. The van der Waals surface area contributed by atoms with Crippen molar-refractivity contribution in [2.24, 2.45) is 5.73 Å². The average molecular weight is 328 g/mol. The summed E-state index contributed by atoms with van der Waals surface area (Å²) in [6.07, 6.45) is 2.87. The number of ether oxygens (including phenoxy) is 1. The maximum Gasteiger partial charge on any atom is 0.215 e. The van der Waals surface area contributed by atoms with Crippen LogP contribution in [0.1, 0.15) is 30.4 Å². The fourth-order valence-electron chi connectivity index (χ4n) is 2.30. The predicted molar refractivity (Wildman–Crippen MR) is 86.5 cm³/mol. The van der Waals surface area contributed by atoms with Crippen LogP contribution in [0.3, 0.4) is 0 Å². The molecule has 116 valence electrons. The molecule has 0 aliphatic heterocycles. The zero-order valence-corrected chi connectivity index (χ0v) is 13.6. The molecule has 0 atom stereocenters. The van der Waals surface area contributed by atoms with Crippen molar-refractivity contribution in [1.29, 1.82) is 0 Å². The van der Waals surface area contributed by atoms with Gasteiger partial charge >= 0.3 is 0 Å². The van der Waals surface area contributed by atoms with Crippen molar-refractivity contribution in [1.82, 2.24) is 4.72 Å². The van der Waals surface area contributed by atoms with Gasteiger partial charge in [-0.2, -0.15) is 0 Å². The normalized spacial score (nSPS) is 17.2. The predicted octanol–water partition coefficient (Wildman–Crippen LogP) is 1.31. The van der Waals surface area contributed by atoms with Crippen LogP contribution >= 0.6 is 12.2 Å². The van der Waals surface area contributed by atoms with E-state index in [0.29, 0.717) is 17.1 Å². The SMILES string of the molecule is COC1(CNS(=O)(=O)Cc2ccc(C(N)=S)cc2)CCC1. The van der Waals surface area contributed by atoms with Crippen LogP contribution in [0.2, 0.25) is 0 Å². The lowest BCUT2D eigenvalue weighted by molar-refractivity contribution is -0.0659. The third-order valence-electron chi connectivity index (χ3n) is 3.91. The Morgan fingerprint density at radius 3 is 2.43 bits per heavy atom. The molecule has 0 saturated heterocycles. The molecule has 3 N–H and O–H groups in total. The molecular weight excluding hydrogens is 308 g/mol. The van der Waals surface area contributed by atoms with Gasteiger partial charge in [0.25, 0.3) is 0 Å². The lowest BCUT2D eigenvalue weighted by atomic mass is 9.80. The first-order valence-electron chi connectivity index (χ1n) is 6.77. The third kappa shape index (κ3) is 4.23. The molecule has 1 aliphatic carbocycles. The van der Waals surface area contributed by atoms with Crippen molar-refractivity contribution in [3.8, 4) is 0 Å². The van der Waals surface area contributed by atoms with Crippen LogP contribution in [0, 0.1) is 0 Å². The van der Waals surface area contributed by atoms with Crippen LogP contribution in [-0.4, -0.2) is 32.7 Å². The van der Waals surface area contributed by atoms with Gasteiger partial charge in [0, 0.05) is 19.2 Å². The number of methoxy groups -OCH3 is 1. The van der Waals surface area contributed by atoms with E-state index in [1.807, 2.05) is 0 Å². The van der Waals surface area contributed by atoms with E-state index in [0.717, 1.165) is 24.8 Å². The number of nitrogens with one attached hydrogen (secondary N) is 1. The van der Waals surface area contributed by atoms with Gasteiger partial charge in [0.15, 0.2) is 0 Å². The van der Waals surface area contributed by atoms with Gasteiger partial charge in [0.05, 0.1) is 11.4 Å². The number of thiocarbonyl (C=S) groups is 1. The standard InChI is InChI=1S/C14H20N2O3S2/c1-19-14(7-2-8-14)10-16-21(17,18)9-11-3-5-12(6-4-11)13(15)20/h3-6,16H,2,7-10H2,1H3,(H2,15,20). The smallest absolute Gasteiger partial charge is 0.215 e. The number of hydrogen-bond donors (Lipinski definition) is 2. The molecule has 0 unspecified atom stereocenters. The van der Waals surface area contributed by atoms with Crippen molar-refractivity contribution < 1.29 is 13.2 Å². The van der Waals surface area contributed by atoms with Crippen molar-refractivity contribution in [2.45, 2.75) is 30.6 Å². The Bertz CT molecular complexity index is 602. The summed E-state index contributed by atoms with van der Waals surface area (Å²) in [6.45, 7) is 0.330. The zero-order chi connectivity index (χ0) is 15.5. The van der Waals surface area contributed by atoms with Gasteiger partial charge in [-0.25, -0.2) is 13.1 Å². The first-order chi connectivity index (χ1) is 9.86. The summed E-state index contributed by atoms with van der Waals surface area (Å²) in [7, 11) is -1.75. The molecule has 5 nitrogen and oxygen atoms in total. The summed E-state index contributed by atoms with van der Waals surface area (Å²) in [5.74, 6) is -0.0651. The van der Waals surface area contributed by atoms with Crippen LogP contribution in [0.5, 0.6) is 0 Å². The monoisotopic (exact) mass is 328 g/mol. The van der Waals surface area contributed by atoms with E-state index in [2.05, 4.69) is 4.72 Å². The molecule has 1 aromatic carbocycles. The Morgan fingerprint density at radius 1 is 1.38 bits per heavy atom. The molecule has 1 saturated carbocycles. The fourth-order valence-corrected chi connectivity index (χ4v) is 3.65. The van der Waals surface area contributed by atoms with E-state index in [9.17, 15) is 8.42 Å². The molecular formula is C14H20N2O3S2. The maximum atomic E-state index is 12.1. The lowest BCUT2D eigenvalue weighted by Gasteiger charge is -2.40. The Balaban J connectivity index is 1.95. The van der Waals surface area contributed by atoms with E-state index in [1.54, 1.807) is 31.4 Å². The van der Waals surface area contributed by atoms with Crippen molar-refractivity contribution in [3.05, 3.63) is 35.4 Å². The van der Waals surface area contributed by atoms with Crippen molar-refractivity contribution in [2.75, 3.05) is 13.7 Å². The minimum Gasteiger partial charge on any atom is -0.389 e. The van der Waals surface area contributed by atoms with Crippen LogP contribution in [0.25, 0.3) is 0 Å². The molecule has 2 rings (SSSR count). The van der Waals surface area contributed by atoms with Gasteiger partial charge in [-0.15, -0.1) is 0 Å². The summed E-state index contributed by atoms with van der Waals surface area (Å²) >= 11 is 4.86. The van der Waals surface area contributed by atoms with Gasteiger partial charge in [0.1, 0.15) is 4.99 Å². The van der Waals surface area contributed by atoms with E-state index in [-0.39, 0.29) is 11.4 Å². The van der Waals surface area contributed by atoms with E-state index in [1.165, 1.54) is 0 Å². The summed E-state index contributed by atoms with van der Waals surface area (Å²) in [5, 5.41) is 0. The van der Waals surface area contributed by atoms with Gasteiger partial charge in [-0.1, -0.05) is 36.5 Å². The Labute approximate surface area is 130 Å². The highest BCUT2D eigenvalue weighted by Crippen LogP contribution is 2.34. The van der Waals surface area contributed by atoms with Gasteiger partial charge < -0.3 is 10.5 Å². The van der Waals surface area contributed by atoms with E-state index in [4.69, 9.17) is 22.7 Å². The van der Waals surface area contributed by atoms with Crippen molar-refractivity contribution >= 4 is 27.2 Å². The van der Waals surface area contributed by atoms with Gasteiger partial charge in [-0.3, -0.25) is 0 Å². The largest absolute Gasteiger partial charge is 0.389 e. The van der Waals surface area contributed by atoms with Crippen LogP contribution in [-0.2, 0) is 20.5 Å². The quantitative estimate of drug-likeness (QED) is 0.738. The fraction of sp³-hybridized carbons (Fsp3) is 0.500. The number of hydrogen-bond acceptors (Lipinski definition) is 4. The second kappa shape index (κ2) is 6.39. The number of sulfonamides is 1. The third-order valence-corrected chi connectivity index (χ3v) is 5.44.